The number of hydrogen-bond donors (Lipinski definition) is 2. The van der Waals surface area contributed by atoms with E-state index in [9.17, 15) is 4.79 Å². The Bertz CT molecular complexity index is 927. The molecule has 0 radical (unpaired) electrons. The number of nitrogens with one attached hydrogen (secondary N) is 2. The quantitative estimate of drug-likeness (QED) is 0.711. The number of aryl methyl sites for hydroxylation is 2. The molecule has 1 aromatic heterocycles. The summed E-state index contributed by atoms with van der Waals surface area (Å²) in [6.45, 7) is 3.86. The lowest BCUT2D eigenvalue weighted by Gasteiger charge is -2.09. The Morgan fingerprint density at radius 2 is 1.84 bits per heavy atom. The van der Waals surface area contributed by atoms with Gasteiger partial charge in [0, 0.05) is 22.6 Å². The second-order valence-electron chi connectivity index (χ2n) is 5.62. The molecule has 0 saturated heterocycles. The van der Waals surface area contributed by atoms with Gasteiger partial charge in [0.25, 0.3) is 5.91 Å². The van der Waals surface area contributed by atoms with Crippen LogP contribution < -0.4 is 10.6 Å². The molecule has 3 rings (SSSR count). The minimum atomic E-state index is -0.290. The first kappa shape index (κ1) is 16.9. The Labute approximate surface area is 151 Å². The summed E-state index contributed by atoms with van der Waals surface area (Å²) in [5.74, 6) is 0.0408. The van der Waals surface area contributed by atoms with Crippen LogP contribution in [0.1, 0.15) is 21.6 Å². The summed E-state index contributed by atoms with van der Waals surface area (Å²) >= 11 is 6.12. The second-order valence-corrected chi connectivity index (χ2v) is 6.03. The van der Waals surface area contributed by atoms with Crippen LogP contribution in [0.25, 0.3) is 0 Å². The van der Waals surface area contributed by atoms with Crippen molar-refractivity contribution in [1.29, 1.82) is 0 Å². The van der Waals surface area contributed by atoms with Crippen molar-refractivity contribution >= 4 is 34.8 Å². The molecule has 3 aromatic rings. The van der Waals surface area contributed by atoms with E-state index in [4.69, 9.17) is 11.6 Å². The van der Waals surface area contributed by atoms with Gasteiger partial charge >= 0.3 is 0 Å². The van der Waals surface area contributed by atoms with Crippen molar-refractivity contribution < 1.29 is 4.79 Å². The first-order valence-electron chi connectivity index (χ1n) is 7.76. The normalized spacial score (nSPS) is 10.4. The van der Waals surface area contributed by atoms with Crippen LogP contribution in [0.5, 0.6) is 0 Å². The number of benzene rings is 2. The number of hydrogen-bond acceptors (Lipinski definition) is 4. The minimum absolute atomic E-state index is 0.277. The first-order chi connectivity index (χ1) is 12.0. The van der Waals surface area contributed by atoms with Crippen molar-refractivity contribution in [3.05, 3.63) is 76.6 Å². The van der Waals surface area contributed by atoms with Crippen molar-refractivity contribution in [2.75, 3.05) is 10.6 Å². The molecule has 0 spiro atoms. The smallest absolute Gasteiger partial charge is 0.274 e. The molecule has 2 aromatic carbocycles. The van der Waals surface area contributed by atoms with Gasteiger partial charge in [-0.05, 0) is 49.2 Å². The van der Waals surface area contributed by atoms with Crippen molar-refractivity contribution in [2.24, 2.45) is 0 Å². The van der Waals surface area contributed by atoms with E-state index in [0.717, 1.165) is 22.5 Å². The molecule has 1 heterocycles. The zero-order valence-corrected chi connectivity index (χ0v) is 14.6. The van der Waals surface area contributed by atoms with Gasteiger partial charge in [0.05, 0.1) is 0 Å². The number of nitrogens with zero attached hydrogens (tertiary/aromatic N) is 2. The molecule has 0 aliphatic carbocycles. The summed E-state index contributed by atoms with van der Waals surface area (Å²) in [5, 5.41) is 6.56. The third-order valence-electron chi connectivity index (χ3n) is 3.71. The van der Waals surface area contributed by atoms with Gasteiger partial charge in [-0.3, -0.25) is 4.79 Å². The SMILES string of the molecule is Cc1ccc(Nc2nccc(C(=O)Nc3ccccc3C)n2)cc1Cl. The van der Waals surface area contributed by atoms with E-state index in [0.29, 0.717) is 11.0 Å². The predicted molar refractivity (Wildman–Crippen MR) is 101 cm³/mol. The molecule has 0 aliphatic rings. The van der Waals surface area contributed by atoms with Gasteiger partial charge < -0.3 is 10.6 Å². The number of carbonyl (C=O) groups excluding carboxylic acids is 1. The van der Waals surface area contributed by atoms with E-state index in [1.54, 1.807) is 12.1 Å². The molecule has 0 aliphatic heterocycles. The second kappa shape index (κ2) is 7.32. The van der Waals surface area contributed by atoms with E-state index in [1.165, 1.54) is 6.20 Å². The molecule has 6 heteroatoms. The Balaban J connectivity index is 1.77. The lowest BCUT2D eigenvalue weighted by atomic mass is 10.2. The number of rotatable bonds is 4. The fourth-order valence-corrected chi connectivity index (χ4v) is 2.43. The summed E-state index contributed by atoms with van der Waals surface area (Å²) in [6, 6.07) is 14.7. The van der Waals surface area contributed by atoms with Crippen LogP contribution in [0, 0.1) is 13.8 Å². The summed E-state index contributed by atoms with van der Waals surface area (Å²) in [4.78, 5) is 20.8. The standard InChI is InChI=1S/C19H17ClN4O/c1-12-7-8-14(11-15(12)20)22-19-21-10-9-17(24-19)18(25)23-16-6-4-3-5-13(16)2/h3-11H,1-2H3,(H,23,25)(H,21,22,24). The fourth-order valence-electron chi connectivity index (χ4n) is 2.24. The van der Waals surface area contributed by atoms with Crippen LogP contribution in [0.15, 0.2) is 54.7 Å². The summed E-state index contributed by atoms with van der Waals surface area (Å²) < 4.78 is 0. The molecule has 0 unspecified atom stereocenters. The first-order valence-corrected chi connectivity index (χ1v) is 8.14. The molecule has 0 saturated carbocycles. The van der Waals surface area contributed by atoms with Crippen molar-refractivity contribution in [2.45, 2.75) is 13.8 Å². The highest BCUT2D eigenvalue weighted by atomic mass is 35.5. The summed E-state index contributed by atoms with van der Waals surface area (Å²) in [7, 11) is 0. The summed E-state index contributed by atoms with van der Waals surface area (Å²) in [5.41, 5.74) is 3.76. The van der Waals surface area contributed by atoms with E-state index in [2.05, 4.69) is 20.6 Å². The molecule has 5 nitrogen and oxygen atoms in total. The topological polar surface area (TPSA) is 66.9 Å². The molecular formula is C19H17ClN4O. The number of amides is 1. The highest BCUT2D eigenvalue weighted by molar-refractivity contribution is 6.31. The summed E-state index contributed by atoms with van der Waals surface area (Å²) in [6.07, 6.45) is 1.54. The number of anilines is 3. The number of aromatic nitrogens is 2. The van der Waals surface area contributed by atoms with E-state index in [-0.39, 0.29) is 11.6 Å². The van der Waals surface area contributed by atoms with E-state index < -0.39 is 0 Å². The van der Waals surface area contributed by atoms with Gasteiger partial charge in [-0.2, -0.15) is 0 Å². The molecule has 126 valence electrons. The third-order valence-corrected chi connectivity index (χ3v) is 4.12. The Morgan fingerprint density at radius 3 is 2.60 bits per heavy atom. The number of halogens is 1. The molecule has 0 atom stereocenters. The van der Waals surface area contributed by atoms with Crippen LogP contribution in [0.2, 0.25) is 5.02 Å². The van der Waals surface area contributed by atoms with Gasteiger partial charge in [0.1, 0.15) is 5.69 Å². The van der Waals surface area contributed by atoms with Gasteiger partial charge in [-0.1, -0.05) is 35.9 Å². The molecular weight excluding hydrogens is 336 g/mol. The fraction of sp³-hybridized carbons (Fsp3) is 0.105. The molecule has 0 bridgehead atoms. The van der Waals surface area contributed by atoms with Crippen LogP contribution >= 0.6 is 11.6 Å². The van der Waals surface area contributed by atoms with Crippen LogP contribution in [0.4, 0.5) is 17.3 Å². The maximum absolute atomic E-state index is 12.4. The maximum atomic E-state index is 12.4. The maximum Gasteiger partial charge on any atom is 0.274 e. The van der Waals surface area contributed by atoms with Gasteiger partial charge in [0.15, 0.2) is 0 Å². The van der Waals surface area contributed by atoms with E-state index >= 15 is 0 Å². The van der Waals surface area contributed by atoms with Crippen molar-refractivity contribution in [3.8, 4) is 0 Å². The highest BCUT2D eigenvalue weighted by Gasteiger charge is 2.10. The van der Waals surface area contributed by atoms with Crippen LogP contribution in [-0.4, -0.2) is 15.9 Å². The van der Waals surface area contributed by atoms with Crippen LogP contribution in [0.3, 0.4) is 0 Å². The molecule has 25 heavy (non-hydrogen) atoms. The molecule has 1 amide bonds. The lowest BCUT2D eigenvalue weighted by molar-refractivity contribution is 0.102. The van der Waals surface area contributed by atoms with Gasteiger partial charge in [0.2, 0.25) is 5.95 Å². The average Bonchev–Trinajstić information content (AvgIpc) is 2.60. The predicted octanol–water partition coefficient (Wildman–Crippen LogP) is 4.74. The Hall–Kier alpha value is -2.92. The Kier molecular flexibility index (Phi) is 4.95. The number of para-hydroxylation sites is 1. The van der Waals surface area contributed by atoms with E-state index in [1.807, 2.05) is 50.2 Å². The number of carbonyl (C=O) groups is 1. The van der Waals surface area contributed by atoms with Crippen molar-refractivity contribution in [3.63, 3.8) is 0 Å². The van der Waals surface area contributed by atoms with Crippen molar-refractivity contribution in [1.82, 2.24) is 9.97 Å². The minimum Gasteiger partial charge on any atom is -0.324 e. The van der Waals surface area contributed by atoms with Crippen LogP contribution in [-0.2, 0) is 0 Å². The average molecular weight is 353 g/mol. The largest absolute Gasteiger partial charge is 0.324 e. The molecule has 2 N–H and O–H groups in total. The van der Waals surface area contributed by atoms with Gasteiger partial charge in [-0.15, -0.1) is 0 Å². The zero-order chi connectivity index (χ0) is 17.8. The highest BCUT2D eigenvalue weighted by Crippen LogP contribution is 2.22. The lowest BCUT2D eigenvalue weighted by Crippen LogP contribution is -2.15. The Morgan fingerprint density at radius 1 is 1.04 bits per heavy atom. The monoisotopic (exact) mass is 352 g/mol. The van der Waals surface area contributed by atoms with Gasteiger partial charge in [-0.25, -0.2) is 9.97 Å². The third kappa shape index (κ3) is 4.14. The zero-order valence-electron chi connectivity index (χ0n) is 13.9. The molecule has 0 fully saturated rings.